The van der Waals surface area contributed by atoms with E-state index in [2.05, 4.69) is 47.3 Å². The number of phenolic OH excluding ortho intramolecular Hbond substituents is 1. The molecule has 3 aromatic rings. The summed E-state index contributed by atoms with van der Waals surface area (Å²) in [6.07, 6.45) is 3.40. The van der Waals surface area contributed by atoms with Gasteiger partial charge in [0.15, 0.2) is 0 Å². The summed E-state index contributed by atoms with van der Waals surface area (Å²) in [6.45, 7) is 0. The fourth-order valence-corrected chi connectivity index (χ4v) is 4.79. The Hall–Kier alpha value is -2.85. The Morgan fingerprint density at radius 3 is 2.87 bits per heavy atom. The van der Waals surface area contributed by atoms with E-state index in [1.54, 1.807) is 22.9 Å². The van der Waals surface area contributed by atoms with E-state index in [1.165, 1.54) is 13.4 Å². The van der Waals surface area contributed by atoms with Crippen LogP contribution in [0.4, 0.5) is 5.95 Å². The molecule has 0 saturated carbocycles. The number of aromatic nitrogens is 3. The average molecular weight is 548 g/mol. The number of benzene rings is 2. The zero-order chi connectivity index (χ0) is 21.8. The molecule has 0 aliphatic carbocycles. The minimum Gasteiger partial charge on any atom is -0.508 e. The maximum absolute atomic E-state index is 12.9. The minimum atomic E-state index is -1.32. The van der Waals surface area contributed by atoms with Gasteiger partial charge in [0.2, 0.25) is 11.7 Å². The van der Waals surface area contributed by atoms with Crippen LogP contribution >= 0.6 is 31.9 Å². The fourth-order valence-electron chi connectivity index (χ4n) is 4.03. The quantitative estimate of drug-likeness (QED) is 0.460. The van der Waals surface area contributed by atoms with Crippen molar-refractivity contribution in [2.45, 2.75) is 18.2 Å². The van der Waals surface area contributed by atoms with Crippen molar-refractivity contribution in [3.8, 4) is 11.5 Å². The molecule has 2 aromatic carbocycles. The lowest BCUT2D eigenvalue weighted by Gasteiger charge is -2.44. The molecule has 3 heterocycles. The number of anilines is 1. The number of phenols is 1. The van der Waals surface area contributed by atoms with Gasteiger partial charge in [0.05, 0.1) is 13.2 Å². The molecule has 2 atom stereocenters. The van der Waals surface area contributed by atoms with Crippen LogP contribution in [0, 0.1) is 0 Å². The second kappa shape index (κ2) is 7.38. The van der Waals surface area contributed by atoms with E-state index in [0.717, 1.165) is 14.5 Å². The number of ether oxygens (including phenoxy) is 2. The van der Waals surface area contributed by atoms with Crippen molar-refractivity contribution in [1.29, 1.82) is 0 Å². The third-order valence-electron chi connectivity index (χ3n) is 5.42. The Bertz CT molecular complexity index is 1240. The molecule has 0 unspecified atom stereocenters. The number of nitrogens with zero attached hydrogens (tertiary/aromatic N) is 3. The number of esters is 1. The van der Waals surface area contributed by atoms with Crippen LogP contribution in [0.25, 0.3) is 6.08 Å². The summed E-state index contributed by atoms with van der Waals surface area (Å²) in [7, 11) is 1.33. The highest BCUT2D eigenvalue weighted by molar-refractivity contribution is 9.10. The predicted octanol–water partition coefficient (Wildman–Crippen LogP) is 4.37. The number of hydrogen-bond acceptors (Lipinski definition) is 7. The summed E-state index contributed by atoms with van der Waals surface area (Å²) in [5.74, 6) is 0.584. The van der Waals surface area contributed by atoms with Crippen molar-refractivity contribution < 1.29 is 19.4 Å². The predicted molar refractivity (Wildman–Crippen MR) is 120 cm³/mol. The molecule has 8 nitrogen and oxygen atoms in total. The van der Waals surface area contributed by atoms with E-state index < -0.39 is 17.7 Å². The van der Waals surface area contributed by atoms with E-state index in [4.69, 9.17) is 9.47 Å². The van der Waals surface area contributed by atoms with Crippen LogP contribution in [0.2, 0.25) is 0 Å². The summed E-state index contributed by atoms with van der Waals surface area (Å²) in [5.41, 5.74) is 0.345. The van der Waals surface area contributed by atoms with Crippen LogP contribution in [-0.4, -0.2) is 33.0 Å². The average Bonchev–Trinajstić information content (AvgIpc) is 3.24. The highest BCUT2D eigenvalue weighted by Crippen LogP contribution is 2.49. The van der Waals surface area contributed by atoms with E-state index in [9.17, 15) is 9.90 Å². The van der Waals surface area contributed by atoms with Gasteiger partial charge < -0.3 is 19.9 Å². The van der Waals surface area contributed by atoms with Crippen molar-refractivity contribution in [3.05, 3.63) is 68.4 Å². The molecule has 5 rings (SSSR count). The molecule has 0 radical (unpaired) electrons. The number of aromatic hydroxyl groups is 1. The number of carbonyl (C=O) groups excluding carboxylic acids is 1. The first-order valence-corrected chi connectivity index (χ1v) is 10.9. The number of hydrogen-bond donors (Lipinski definition) is 2. The minimum absolute atomic E-state index is 0.118. The van der Waals surface area contributed by atoms with Crippen LogP contribution in [-0.2, 0) is 15.3 Å². The summed E-state index contributed by atoms with van der Waals surface area (Å²) >= 11 is 6.91. The lowest BCUT2D eigenvalue weighted by molar-refractivity contribution is -0.140. The van der Waals surface area contributed by atoms with Crippen LogP contribution in [0.3, 0.4) is 0 Å². The molecule has 1 spiro atoms. The van der Waals surface area contributed by atoms with Gasteiger partial charge in [-0.1, -0.05) is 31.9 Å². The first-order chi connectivity index (χ1) is 14.9. The van der Waals surface area contributed by atoms with Crippen LogP contribution < -0.4 is 10.1 Å². The molecular weight excluding hydrogens is 532 g/mol. The van der Waals surface area contributed by atoms with Gasteiger partial charge in [-0.15, -0.1) is 0 Å². The molecular formula is C21H16Br2N4O4. The molecule has 1 aromatic heterocycles. The summed E-state index contributed by atoms with van der Waals surface area (Å²) in [4.78, 5) is 17.2. The number of rotatable bonds is 2. The SMILES string of the molecule is COC(=O)C1=Cc2cc(Br)ccc2O[C@@]12C[C@@H](c1cc(Br)ccc1O)Nc1ncnn12. The molecule has 0 amide bonds. The van der Waals surface area contributed by atoms with Crippen molar-refractivity contribution in [3.63, 3.8) is 0 Å². The van der Waals surface area contributed by atoms with Crippen LogP contribution in [0.1, 0.15) is 23.6 Å². The highest BCUT2D eigenvalue weighted by atomic mass is 79.9. The molecule has 2 aliphatic heterocycles. The molecule has 10 heteroatoms. The second-order valence-corrected chi connectivity index (χ2v) is 9.05. The molecule has 158 valence electrons. The molecule has 0 saturated heterocycles. The fraction of sp³-hybridized carbons (Fsp3) is 0.190. The normalized spacial score (nSPS) is 21.4. The Morgan fingerprint density at radius 1 is 1.29 bits per heavy atom. The van der Waals surface area contributed by atoms with E-state index in [0.29, 0.717) is 17.3 Å². The van der Waals surface area contributed by atoms with Gasteiger partial charge in [-0.2, -0.15) is 14.8 Å². The third kappa shape index (κ3) is 3.21. The second-order valence-electron chi connectivity index (χ2n) is 7.22. The van der Waals surface area contributed by atoms with E-state index in [-0.39, 0.29) is 17.7 Å². The Morgan fingerprint density at radius 2 is 2.06 bits per heavy atom. The van der Waals surface area contributed by atoms with Gasteiger partial charge >= 0.3 is 5.97 Å². The maximum Gasteiger partial charge on any atom is 0.339 e. The Labute approximate surface area is 194 Å². The Kier molecular flexibility index (Phi) is 4.78. The first kappa shape index (κ1) is 20.1. The van der Waals surface area contributed by atoms with Gasteiger partial charge in [-0.3, -0.25) is 0 Å². The van der Waals surface area contributed by atoms with Gasteiger partial charge in [0, 0.05) is 26.5 Å². The number of fused-ring (bicyclic) bond motifs is 3. The van der Waals surface area contributed by atoms with Crippen molar-refractivity contribution in [2.75, 3.05) is 12.4 Å². The number of halogens is 2. The molecule has 0 fully saturated rings. The van der Waals surface area contributed by atoms with Gasteiger partial charge in [-0.25, -0.2) is 4.79 Å². The first-order valence-electron chi connectivity index (χ1n) is 9.36. The molecule has 0 bridgehead atoms. The zero-order valence-corrected chi connectivity index (χ0v) is 19.3. The third-order valence-corrected chi connectivity index (χ3v) is 6.40. The molecule has 2 N–H and O–H groups in total. The van der Waals surface area contributed by atoms with E-state index >= 15 is 0 Å². The lowest BCUT2D eigenvalue weighted by atomic mass is 9.86. The van der Waals surface area contributed by atoms with Crippen molar-refractivity contribution >= 4 is 49.9 Å². The summed E-state index contributed by atoms with van der Waals surface area (Å²) < 4.78 is 14.8. The zero-order valence-electron chi connectivity index (χ0n) is 16.2. The monoisotopic (exact) mass is 546 g/mol. The molecule has 2 aliphatic rings. The number of nitrogens with one attached hydrogen (secondary N) is 1. The van der Waals surface area contributed by atoms with Gasteiger partial charge in [-0.05, 0) is 42.5 Å². The highest BCUT2D eigenvalue weighted by Gasteiger charge is 2.52. The Balaban J connectivity index is 1.71. The largest absolute Gasteiger partial charge is 0.508 e. The summed E-state index contributed by atoms with van der Waals surface area (Å²) in [6, 6.07) is 10.3. The van der Waals surface area contributed by atoms with Crippen molar-refractivity contribution in [1.82, 2.24) is 14.8 Å². The number of carbonyl (C=O) groups is 1. The van der Waals surface area contributed by atoms with E-state index in [1.807, 2.05) is 24.3 Å². The maximum atomic E-state index is 12.9. The molecule has 31 heavy (non-hydrogen) atoms. The van der Waals surface area contributed by atoms with Gasteiger partial charge in [0.25, 0.3) is 0 Å². The smallest absolute Gasteiger partial charge is 0.339 e. The van der Waals surface area contributed by atoms with Crippen LogP contribution in [0.5, 0.6) is 11.5 Å². The van der Waals surface area contributed by atoms with Gasteiger partial charge in [0.1, 0.15) is 23.4 Å². The topological polar surface area (TPSA) is 98.5 Å². The van der Waals surface area contributed by atoms with Crippen LogP contribution in [0.15, 0.2) is 57.2 Å². The summed E-state index contributed by atoms with van der Waals surface area (Å²) in [5, 5.41) is 18.2. The number of methoxy groups -OCH3 is 1. The standard InChI is InChI=1S/C21H16Br2N4O4/c1-30-19(29)15-7-11-6-12(22)3-5-18(11)31-21(15)9-16(26-20-24-10-25-27(20)21)14-8-13(23)2-4-17(14)28/h2-8,10,16,28H,9H2,1H3,(H,24,25,26)/t16-,21-/m0/s1. The van der Waals surface area contributed by atoms with Crippen molar-refractivity contribution in [2.24, 2.45) is 0 Å². The lowest BCUT2D eigenvalue weighted by Crippen LogP contribution is -2.51.